The molecule has 1 saturated heterocycles. The normalized spacial score (nSPS) is 36.1. The summed E-state index contributed by atoms with van der Waals surface area (Å²) in [5.74, 6) is 0.683. The van der Waals surface area contributed by atoms with Gasteiger partial charge in [-0.05, 0) is 37.2 Å². The van der Waals surface area contributed by atoms with Crippen molar-refractivity contribution in [1.82, 2.24) is 0 Å². The molecule has 4 atom stereocenters. The van der Waals surface area contributed by atoms with E-state index in [0.717, 1.165) is 19.3 Å². The molecule has 2 saturated carbocycles. The molecule has 0 radical (unpaired) electrons. The number of nitrogens with zero attached hydrogens (tertiary/aromatic N) is 1. The van der Waals surface area contributed by atoms with Crippen molar-refractivity contribution in [2.45, 2.75) is 24.2 Å². The second kappa shape index (κ2) is 3.79. The minimum atomic E-state index is -0.0687. The zero-order valence-electron chi connectivity index (χ0n) is 10.4. The van der Waals surface area contributed by atoms with Crippen molar-refractivity contribution in [2.24, 2.45) is 23.7 Å². The molecule has 98 valence electrons. The Morgan fingerprint density at radius 3 is 2.16 bits per heavy atom. The van der Waals surface area contributed by atoms with E-state index in [1.54, 1.807) is 12.1 Å². The number of hydrogen-bond donors (Lipinski definition) is 0. The van der Waals surface area contributed by atoms with E-state index < -0.39 is 0 Å². The van der Waals surface area contributed by atoms with Crippen LogP contribution in [-0.2, 0) is 22.2 Å². The Labute approximate surface area is 117 Å². The molecule has 1 heterocycles. The third kappa shape index (κ3) is 1.38. The molecule has 1 aliphatic heterocycles. The molecule has 2 amide bonds. The minimum Gasteiger partial charge on any atom is -0.778 e. The Morgan fingerprint density at radius 1 is 1.00 bits per heavy atom. The topological polar surface area (TPSA) is 37.4 Å². The number of benzene rings is 1. The lowest BCUT2D eigenvalue weighted by molar-refractivity contribution is -0.123. The lowest BCUT2D eigenvalue weighted by atomic mass is 9.81. The number of carbonyl (C=O) groups excluding carboxylic acids is 2. The summed E-state index contributed by atoms with van der Waals surface area (Å²) >= 11 is 5.25. The van der Waals surface area contributed by atoms with Gasteiger partial charge in [0.05, 0.1) is 11.8 Å². The lowest BCUT2D eigenvalue weighted by Gasteiger charge is -2.23. The third-order valence-corrected chi connectivity index (χ3v) is 5.38. The minimum absolute atomic E-state index is 0.0144. The summed E-state index contributed by atoms with van der Waals surface area (Å²) in [5.41, 5.74) is 0.598. The lowest BCUT2D eigenvalue weighted by Crippen LogP contribution is -2.33. The number of carbonyl (C=O) groups is 2. The fourth-order valence-corrected chi connectivity index (χ4v) is 4.53. The maximum Gasteiger partial charge on any atom is 0.237 e. The van der Waals surface area contributed by atoms with Crippen molar-refractivity contribution in [3.05, 3.63) is 24.3 Å². The van der Waals surface area contributed by atoms with Crippen LogP contribution in [0.15, 0.2) is 29.2 Å². The summed E-state index contributed by atoms with van der Waals surface area (Å²) in [6, 6.07) is 7.21. The zero-order valence-corrected chi connectivity index (χ0v) is 11.2. The van der Waals surface area contributed by atoms with Gasteiger partial charge in [0.15, 0.2) is 0 Å². The highest BCUT2D eigenvalue weighted by Gasteiger charge is 2.61. The molecule has 2 bridgehead atoms. The highest BCUT2D eigenvalue weighted by Crippen LogP contribution is 2.56. The summed E-state index contributed by atoms with van der Waals surface area (Å²) in [6.07, 6.45) is 3.28. The molecule has 4 rings (SSSR count). The molecular formula is C15H14NO2S-. The van der Waals surface area contributed by atoms with Gasteiger partial charge in [-0.3, -0.25) is 14.5 Å². The maximum absolute atomic E-state index is 12.6. The van der Waals surface area contributed by atoms with E-state index in [2.05, 4.69) is 0 Å². The maximum atomic E-state index is 12.6. The summed E-state index contributed by atoms with van der Waals surface area (Å²) in [6.45, 7) is 0. The van der Waals surface area contributed by atoms with Crippen molar-refractivity contribution in [3.63, 3.8) is 0 Å². The van der Waals surface area contributed by atoms with Crippen LogP contribution in [0.1, 0.15) is 19.3 Å². The van der Waals surface area contributed by atoms with E-state index >= 15 is 0 Å². The Bertz CT molecular complexity index is 557. The predicted molar refractivity (Wildman–Crippen MR) is 72.4 cm³/mol. The van der Waals surface area contributed by atoms with E-state index in [0.29, 0.717) is 22.4 Å². The number of hydrogen-bond acceptors (Lipinski definition) is 3. The van der Waals surface area contributed by atoms with Gasteiger partial charge in [0, 0.05) is 5.69 Å². The number of rotatable bonds is 1. The SMILES string of the molecule is O=C1[C@H]2[C@@H]3CC[C@H](C3)[C@@H]2C(=O)N1c1ccccc1[S-]. The van der Waals surface area contributed by atoms with Crippen LogP contribution in [0.25, 0.3) is 0 Å². The van der Waals surface area contributed by atoms with Crippen LogP contribution < -0.4 is 4.90 Å². The fourth-order valence-electron chi connectivity index (χ4n) is 4.29. The molecule has 1 aromatic carbocycles. The van der Waals surface area contributed by atoms with Crippen LogP contribution in [0.2, 0.25) is 0 Å². The molecular weight excluding hydrogens is 258 g/mol. The van der Waals surface area contributed by atoms with Crippen LogP contribution in [0, 0.1) is 23.7 Å². The van der Waals surface area contributed by atoms with Crippen LogP contribution in [0.5, 0.6) is 0 Å². The average molecular weight is 272 g/mol. The van der Waals surface area contributed by atoms with Crippen LogP contribution in [-0.4, -0.2) is 11.8 Å². The largest absolute Gasteiger partial charge is 0.778 e. The zero-order chi connectivity index (χ0) is 13.1. The Balaban J connectivity index is 1.78. The second-order valence-electron chi connectivity index (χ2n) is 5.86. The highest BCUT2D eigenvalue weighted by atomic mass is 32.1. The molecule has 3 fully saturated rings. The molecule has 0 unspecified atom stereocenters. The van der Waals surface area contributed by atoms with Crippen LogP contribution in [0.4, 0.5) is 5.69 Å². The number of imide groups is 1. The predicted octanol–water partition coefficient (Wildman–Crippen LogP) is 2.13. The van der Waals surface area contributed by atoms with Gasteiger partial charge in [-0.1, -0.05) is 18.2 Å². The first kappa shape index (κ1) is 11.4. The Morgan fingerprint density at radius 2 is 1.58 bits per heavy atom. The van der Waals surface area contributed by atoms with E-state index in [1.807, 2.05) is 12.1 Å². The first-order valence-electron chi connectivity index (χ1n) is 6.82. The summed E-state index contributed by atoms with van der Waals surface area (Å²) in [5, 5.41) is 0. The smallest absolute Gasteiger partial charge is 0.237 e. The van der Waals surface area contributed by atoms with Gasteiger partial charge < -0.3 is 12.6 Å². The monoisotopic (exact) mass is 272 g/mol. The molecule has 0 N–H and O–H groups in total. The fraction of sp³-hybridized carbons (Fsp3) is 0.467. The van der Waals surface area contributed by atoms with Gasteiger partial charge in [-0.15, -0.1) is 0 Å². The molecule has 0 spiro atoms. The number of amides is 2. The number of fused-ring (bicyclic) bond motifs is 5. The van der Waals surface area contributed by atoms with Crippen molar-refractivity contribution < 1.29 is 9.59 Å². The Hall–Kier alpha value is -1.42. The number of para-hydroxylation sites is 1. The molecule has 3 aliphatic rings. The second-order valence-corrected chi connectivity index (χ2v) is 6.30. The Kier molecular flexibility index (Phi) is 2.28. The molecule has 2 aliphatic carbocycles. The summed E-state index contributed by atoms with van der Waals surface area (Å²) in [7, 11) is 0. The van der Waals surface area contributed by atoms with Gasteiger partial charge in [0.1, 0.15) is 0 Å². The van der Waals surface area contributed by atoms with E-state index in [4.69, 9.17) is 12.6 Å². The number of anilines is 1. The van der Waals surface area contributed by atoms with Crippen LogP contribution >= 0.6 is 0 Å². The van der Waals surface area contributed by atoms with Crippen molar-refractivity contribution in [1.29, 1.82) is 0 Å². The quantitative estimate of drug-likeness (QED) is 0.580. The average Bonchev–Trinajstić information content (AvgIpc) is 3.06. The molecule has 4 heteroatoms. The standard InChI is InChI=1S/C15H15NO2S/c17-14-12-8-5-6-9(7-8)13(12)15(18)16(14)10-3-1-2-4-11(10)19/h1-4,8-9,12-13,19H,5-7H2/p-1/t8-,9-,12+,13+/m1/s1. The molecule has 3 nitrogen and oxygen atoms in total. The molecule has 1 aromatic rings. The molecule has 19 heavy (non-hydrogen) atoms. The third-order valence-electron chi connectivity index (χ3n) is 5.03. The van der Waals surface area contributed by atoms with Gasteiger partial charge >= 0.3 is 0 Å². The van der Waals surface area contributed by atoms with Gasteiger partial charge in [0.2, 0.25) is 11.8 Å². The van der Waals surface area contributed by atoms with Gasteiger partial charge in [-0.25, -0.2) is 0 Å². The van der Waals surface area contributed by atoms with Crippen molar-refractivity contribution in [2.75, 3.05) is 4.90 Å². The van der Waals surface area contributed by atoms with Gasteiger partial charge in [0.25, 0.3) is 0 Å². The summed E-state index contributed by atoms with van der Waals surface area (Å²) in [4.78, 5) is 27.1. The van der Waals surface area contributed by atoms with Crippen molar-refractivity contribution >= 4 is 30.1 Å². The highest BCUT2D eigenvalue weighted by molar-refractivity contribution is 7.59. The van der Waals surface area contributed by atoms with E-state index in [-0.39, 0.29) is 23.7 Å². The van der Waals surface area contributed by atoms with Gasteiger partial charge in [-0.2, -0.15) is 4.90 Å². The van der Waals surface area contributed by atoms with Crippen molar-refractivity contribution in [3.8, 4) is 0 Å². The first-order chi connectivity index (χ1) is 9.18. The van der Waals surface area contributed by atoms with Crippen LogP contribution in [0.3, 0.4) is 0 Å². The first-order valence-corrected chi connectivity index (χ1v) is 7.23. The van der Waals surface area contributed by atoms with E-state index in [9.17, 15) is 9.59 Å². The molecule has 0 aromatic heterocycles. The van der Waals surface area contributed by atoms with E-state index in [1.165, 1.54) is 4.90 Å². The summed E-state index contributed by atoms with van der Waals surface area (Å²) < 4.78 is 0.